The Morgan fingerprint density at radius 1 is 0.447 bits per heavy atom. The van der Waals surface area contributed by atoms with E-state index in [0.29, 0.717) is 0 Å². The smallest absolute Gasteiger partial charge is 0.189 e. The van der Waals surface area contributed by atoms with E-state index in [4.69, 9.17) is 0 Å². The van der Waals surface area contributed by atoms with Crippen molar-refractivity contribution in [1.29, 1.82) is 0 Å². The number of halogens is 8. The van der Waals surface area contributed by atoms with Gasteiger partial charge in [-0.1, -0.05) is 30.3 Å². The van der Waals surface area contributed by atoms with Crippen LogP contribution in [0.1, 0.15) is 5.56 Å². The van der Waals surface area contributed by atoms with Crippen LogP contribution in [0, 0.1) is 0 Å². The van der Waals surface area contributed by atoms with Gasteiger partial charge in [0, 0.05) is 5.57 Å². The lowest BCUT2D eigenvalue weighted by molar-refractivity contribution is 0.559. The zero-order valence-corrected chi connectivity index (χ0v) is 18.4. The Bertz CT molecular complexity index is 1760. The molecule has 0 aliphatic carbocycles. The minimum Gasteiger partial charge on any atom is -0.246 e. The summed E-state index contributed by atoms with van der Waals surface area (Å²) in [5.41, 5.74) is -7.84. The third kappa shape index (κ3) is 3.36. The van der Waals surface area contributed by atoms with E-state index in [9.17, 15) is 17.6 Å². The molecule has 0 spiro atoms. The molecule has 5 aliphatic heterocycles. The molecule has 0 unspecified atom stereocenters. The van der Waals surface area contributed by atoms with E-state index in [0.717, 1.165) is 12.2 Å². The van der Waals surface area contributed by atoms with Gasteiger partial charge in [0.05, 0.1) is 11.4 Å². The Kier molecular flexibility index (Phi) is 5.23. The lowest BCUT2D eigenvalue weighted by Crippen LogP contribution is -2.01. The van der Waals surface area contributed by atoms with Gasteiger partial charge in [-0.2, -0.15) is 0 Å². The summed E-state index contributed by atoms with van der Waals surface area (Å²) in [6, 6.07) is 7.67. The average molecular weight is 528 g/mol. The van der Waals surface area contributed by atoms with E-state index in [1.165, 1.54) is 18.2 Å². The maximum Gasteiger partial charge on any atom is 0.189 e. The molecule has 0 atom stereocenters. The molecule has 38 heavy (non-hydrogen) atoms. The van der Waals surface area contributed by atoms with Crippen molar-refractivity contribution in [2.75, 3.05) is 0 Å². The van der Waals surface area contributed by atoms with Crippen LogP contribution in [0.5, 0.6) is 0 Å². The van der Waals surface area contributed by atoms with Crippen LogP contribution >= 0.6 is 0 Å². The number of fused-ring (bicyclic) bond motifs is 4. The van der Waals surface area contributed by atoms with Gasteiger partial charge in [0.2, 0.25) is 0 Å². The Morgan fingerprint density at radius 3 is 1.61 bits per heavy atom. The molecule has 0 saturated heterocycles. The monoisotopic (exact) mass is 528 g/mol. The lowest BCUT2D eigenvalue weighted by Gasteiger charge is -2.04. The molecule has 188 valence electrons. The van der Waals surface area contributed by atoms with Crippen molar-refractivity contribution >= 4 is 28.4 Å². The van der Waals surface area contributed by atoms with E-state index >= 15 is 17.6 Å². The fourth-order valence-electron chi connectivity index (χ4n) is 4.07. The molecule has 12 heteroatoms. The maximum absolute atomic E-state index is 15.6. The summed E-state index contributed by atoms with van der Waals surface area (Å²) in [6.45, 7) is 0. The quantitative estimate of drug-likeness (QED) is 0.340. The predicted molar refractivity (Wildman–Crippen MR) is 124 cm³/mol. The van der Waals surface area contributed by atoms with E-state index in [-0.39, 0.29) is 22.5 Å². The molecule has 1 aromatic rings. The van der Waals surface area contributed by atoms with Crippen LogP contribution in [0.2, 0.25) is 0 Å². The highest BCUT2D eigenvalue weighted by Gasteiger charge is 2.39. The molecule has 0 radical (unpaired) electrons. The van der Waals surface area contributed by atoms with Gasteiger partial charge in [0.15, 0.2) is 46.6 Å². The Morgan fingerprint density at radius 2 is 1.00 bits per heavy atom. The van der Waals surface area contributed by atoms with Gasteiger partial charge in [-0.25, -0.2) is 55.1 Å². The molecule has 0 amide bonds. The van der Waals surface area contributed by atoms with Crippen LogP contribution in [0.4, 0.5) is 35.1 Å². The van der Waals surface area contributed by atoms with Crippen molar-refractivity contribution < 1.29 is 35.1 Å². The second kappa shape index (κ2) is 8.40. The third-order valence-electron chi connectivity index (χ3n) is 5.85. The number of nitrogens with zero attached hydrogens (tertiary/aromatic N) is 4. The van der Waals surface area contributed by atoms with Crippen LogP contribution in [0.15, 0.2) is 138 Å². The first-order valence-electron chi connectivity index (χ1n) is 10.7. The first-order chi connectivity index (χ1) is 18.2. The normalized spacial score (nSPS) is 21.2. The highest BCUT2D eigenvalue weighted by Crippen LogP contribution is 2.42. The highest BCUT2D eigenvalue weighted by atomic mass is 19.2. The van der Waals surface area contributed by atoms with Crippen molar-refractivity contribution in [3.05, 3.63) is 124 Å². The van der Waals surface area contributed by atoms with E-state index in [1.807, 2.05) is 0 Å². The summed E-state index contributed by atoms with van der Waals surface area (Å²) in [6.07, 6.45) is 3.41. The minimum atomic E-state index is -2.09. The Labute approximate surface area is 207 Å². The number of hydrogen-bond donors (Lipinski definition) is 0. The van der Waals surface area contributed by atoms with E-state index < -0.39 is 80.8 Å². The molecule has 0 saturated carbocycles. The summed E-state index contributed by atoms with van der Waals surface area (Å²) >= 11 is 0. The molecular formula is C26H8F8N4. The van der Waals surface area contributed by atoms with Gasteiger partial charge in [-0.3, -0.25) is 0 Å². The van der Waals surface area contributed by atoms with Crippen molar-refractivity contribution in [3.63, 3.8) is 0 Å². The highest BCUT2D eigenvalue weighted by molar-refractivity contribution is 6.33. The van der Waals surface area contributed by atoms with Crippen LogP contribution in [0.25, 0.3) is 5.57 Å². The molecule has 0 N–H and O–H groups in total. The van der Waals surface area contributed by atoms with Gasteiger partial charge < -0.3 is 0 Å². The number of benzene rings is 1. The van der Waals surface area contributed by atoms with Crippen LogP contribution in [0.3, 0.4) is 0 Å². The molecular weight excluding hydrogens is 520 g/mol. The molecule has 0 fully saturated rings. The molecule has 8 bridgehead atoms. The summed E-state index contributed by atoms with van der Waals surface area (Å²) in [4.78, 5) is 14.2. The molecule has 5 heterocycles. The predicted octanol–water partition coefficient (Wildman–Crippen LogP) is 7.48. The maximum atomic E-state index is 15.6. The third-order valence-corrected chi connectivity index (χ3v) is 5.85. The summed E-state index contributed by atoms with van der Waals surface area (Å²) < 4.78 is 119. The first kappa shape index (κ1) is 23.6. The van der Waals surface area contributed by atoms with Crippen LogP contribution in [-0.4, -0.2) is 22.8 Å². The van der Waals surface area contributed by atoms with Crippen molar-refractivity contribution in [2.24, 2.45) is 20.0 Å². The number of aliphatic imine (C=N–C) groups is 4. The lowest BCUT2D eigenvalue weighted by atomic mass is 10.0. The molecule has 1 aromatic carbocycles. The minimum absolute atomic E-state index is 0.0553. The summed E-state index contributed by atoms with van der Waals surface area (Å²) in [7, 11) is 0. The second-order valence-electron chi connectivity index (χ2n) is 8.12. The number of hydrogen-bond acceptors (Lipinski definition) is 4. The standard InChI is InChI=1S/C26H8F8N4/c27-14-11-7-6-10(35-11)8-12-13(9-4-2-1-3-5-9)15(28)23(36-12)20(33)24-18(31)19(32)26(38-24)21(34)25-17(30)16(29)22(14)37-25/h1-8H. The Balaban J connectivity index is 1.68. The summed E-state index contributed by atoms with van der Waals surface area (Å²) in [5, 5.41) is 0. The van der Waals surface area contributed by atoms with Gasteiger partial charge >= 0.3 is 0 Å². The second-order valence-corrected chi connectivity index (χ2v) is 8.12. The topological polar surface area (TPSA) is 49.4 Å². The van der Waals surface area contributed by atoms with Crippen molar-refractivity contribution in [3.8, 4) is 0 Å². The van der Waals surface area contributed by atoms with Gasteiger partial charge in [-0.15, -0.1) is 0 Å². The van der Waals surface area contributed by atoms with Crippen molar-refractivity contribution in [1.82, 2.24) is 0 Å². The SMILES string of the molecule is FC1=C(F)C2=C(F)C3=NC(=CC4=NC(=C(F)C5=NC(=C(F)C1=N2)C(F)=C5F)C(F)=C4c1ccccc1)C=C3. The van der Waals surface area contributed by atoms with Gasteiger partial charge in [0.1, 0.15) is 34.2 Å². The van der Waals surface area contributed by atoms with Crippen LogP contribution < -0.4 is 0 Å². The largest absolute Gasteiger partial charge is 0.246 e. The fraction of sp³-hybridized carbons (Fsp3) is 0. The Hall–Kier alpha value is -4.74. The zero-order valence-electron chi connectivity index (χ0n) is 18.4. The molecule has 0 aromatic heterocycles. The van der Waals surface area contributed by atoms with Crippen molar-refractivity contribution in [2.45, 2.75) is 0 Å². The van der Waals surface area contributed by atoms with Gasteiger partial charge in [-0.05, 0) is 23.8 Å². The average Bonchev–Trinajstić information content (AvgIpc) is 3.65. The number of allylic oxidation sites excluding steroid dienone is 12. The van der Waals surface area contributed by atoms with E-state index in [1.54, 1.807) is 18.2 Å². The molecule has 5 aliphatic rings. The van der Waals surface area contributed by atoms with Gasteiger partial charge in [0.25, 0.3) is 0 Å². The van der Waals surface area contributed by atoms with E-state index in [2.05, 4.69) is 20.0 Å². The summed E-state index contributed by atoms with van der Waals surface area (Å²) in [5.74, 6) is -14.7. The van der Waals surface area contributed by atoms with Crippen LogP contribution in [-0.2, 0) is 0 Å². The zero-order chi connectivity index (χ0) is 26.9. The fourth-order valence-corrected chi connectivity index (χ4v) is 4.07. The molecule has 6 rings (SSSR count). The molecule has 4 nitrogen and oxygen atoms in total. The number of rotatable bonds is 1. The first-order valence-corrected chi connectivity index (χ1v) is 10.7.